The smallest absolute Gasteiger partial charge is 0.191 e. The maximum atomic E-state index is 13.8. The molecule has 2 rings (SSSR count). The Balaban J connectivity index is 0.00000420. The largest absolute Gasteiger partial charge is 0.497 e. The second kappa shape index (κ2) is 12.5. The first-order chi connectivity index (χ1) is 13.5. The first-order valence-electron chi connectivity index (χ1n) is 9.19. The Hall–Kier alpha value is -2.07. The number of aliphatic hydroxyl groups is 1. The number of methoxy groups -OCH3 is 2. The van der Waals surface area contributed by atoms with Gasteiger partial charge in [0.1, 0.15) is 23.4 Å². The summed E-state index contributed by atoms with van der Waals surface area (Å²) in [4.78, 5) is 4.40. The van der Waals surface area contributed by atoms with Crippen molar-refractivity contribution in [2.75, 3.05) is 27.3 Å². The minimum Gasteiger partial charge on any atom is -0.497 e. The summed E-state index contributed by atoms with van der Waals surface area (Å²) < 4.78 is 24.6. The van der Waals surface area contributed by atoms with Crippen molar-refractivity contribution < 1.29 is 19.0 Å². The van der Waals surface area contributed by atoms with Crippen LogP contribution in [0.1, 0.15) is 37.1 Å². The summed E-state index contributed by atoms with van der Waals surface area (Å²) in [5.74, 6) is 1.51. The number of hydrogen-bond donors (Lipinski definition) is 3. The Morgan fingerprint density at radius 2 is 1.86 bits per heavy atom. The number of nitrogens with zero attached hydrogens (tertiary/aromatic N) is 1. The van der Waals surface area contributed by atoms with Gasteiger partial charge >= 0.3 is 0 Å². The monoisotopic (exact) mass is 517 g/mol. The molecule has 0 amide bonds. The van der Waals surface area contributed by atoms with Gasteiger partial charge in [-0.15, -0.1) is 24.0 Å². The molecule has 0 aliphatic rings. The van der Waals surface area contributed by atoms with E-state index < -0.39 is 11.9 Å². The van der Waals surface area contributed by atoms with Gasteiger partial charge in [-0.1, -0.05) is 18.2 Å². The van der Waals surface area contributed by atoms with Crippen molar-refractivity contribution >= 4 is 29.9 Å². The molecule has 0 aliphatic heterocycles. The number of guanidine groups is 1. The van der Waals surface area contributed by atoms with Gasteiger partial charge < -0.3 is 25.2 Å². The van der Waals surface area contributed by atoms with E-state index in [-0.39, 0.29) is 42.1 Å². The maximum absolute atomic E-state index is 13.8. The van der Waals surface area contributed by atoms with E-state index in [1.54, 1.807) is 32.4 Å². The minimum atomic E-state index is -1.03. The third kappa shape index (κ3) is 7.04. The van der Waals surface area contributed by atoms with E-state index in [1.165, 1.54) is 6.07 Å². The molecular formula is C21H29FIN3O3. The molecule has 0 saturated carbocycles. The fourth-order valence-corrected chi connectivity index (χ4v) is 2.80. The highest BCUT2D eigenvalue weighted by Crippen LogP contribution is 2.29. The molecule has 160 valence electrons. The number of aliphatic imine (C=N–C) groups is 1. The van der Waals surface area contributed by atoms with Crippen molar-refractivity contribution in [3.63, 3.8) is 0 Å². The summed E-state index contributed by atoms with van der Waals surface area (Å²) in [6.45, 7) is 4.58. The number of rotatable bonds is 8. The summed E-state index contributed by atoms with van der Waals surface area (Å²) in [6, 6.07) is 11.6. The number of nitrogens with one attached hydrogen (secondary N) is 2. The van der Waals surface area contributed by atoms with Crippen LogP contribution >= 0.6 is 24.0 Å². The highest BCUT2D eigenvalue weighted by atomic mass is 127. The van der Waals surface area contributed by atoms with E-state index in [2.05, 4.69) is 15.6 Å². The van der Waals surface area contributed by atoms with Crippen molar-refractivity contribution in [3.8, 4) is 11.5 Å². The van der Waals surface area contributed by atoms with E-state index in [4.69, 9.17) is 9.47 Å². The SMILES string of the molecule is CCNC(=NCC(O)c1ccccc1F)NC(C)c1cc(OC)ccc1OC.I. The molecule has 0 saturated heterocycles. The minimum absolute atomic E-state index is 0. The predicted molar refractivity (Wildman–Crippen MR) is 124 cm³/mol. The molecule has 6 nitrogen and oxygen atoms in total. The van der Waals surface area contributed by atoms with E-state index >= 15 is 0 Å². The first-order valence-corrected chi connectivity index (χ1v) is 9.19. The summed E-state index contributed by atoms with van der Waals surface area (Å²) in [7, 11) is 3.22. The van der Waals surface area contributed by atoms with Crippen LogP contribution in [-0.4, -0.2) is 38.4 Å². The van der Waals surface area contributed by atoms with Gasteiger partial charge in [-0.05, 0) is 38.1 Å². The third-order valence-electron chi connectivity index (χ3n) is 4.29. The zero-order valence-corrected chi connectivity index (χ0v) is 19.4. The van der Waals surface area contributed by atoms with Crippen LogP contribution in [0.15, 0.2) is 47.5 Å². The van der Waals surface area contributed by atoms with Gasteiger partial charge in [-0.3, -0.25) is 4.99 Å². The molecule has 0 aliphatic carbocycles. The number of hydrogen-bond acceptors (Lipinski definition) is 4. The van der Waals surface area contributed by atoms with Gasteiger partial charge in [-0.2, -0.15) is 0 Å². The van der Waals surface area contributed by atoms with Crippen molar-refractivity contribution in [3.05, 3.63) is 59.4 Å². The molecule has 0 fully saturated rings. The maximum Gasteiger partial charge on any atom is 0.191 e. The van der Waals surface area contributed by atoms with Crippen LogP contribution in [0, 0.1) is 5.82 Å². The molecule has 29 heavy (non-hydrogen) atoms. The highest BCUT2D eigenvalue weighted by Gasteiger charge is 2.16. The highest BCUT2D eigenvalue weighted by molar-refractivity contribution is 14.0. The van der Waals surface area contributed by atoms with Crippen LogP contribution in [0.25, 0.3) is 0 Å². The lowest BCUT2D eigenvalue weighted by Gasteiger charge is -2.21. The quantitative estimate of drug-likeness (QED) is 0.282. The molecule has 8 heteroatoms. The van der Waals surface area contributed by atoms with Crippen molar-refractivity contribution in [1.82, 2.24) is 10.6 Å². The van der Waals surface area contributed by atoms with Crippen LogP contribution in [0.2, 0.25) is 0 Å². The molecule has 0 spiro atoms. The molecule has 2 aromatic rings. The zero-order chi connectivity index (χ0) is 20.5. The van der Waals surface area contributed by atoms with Gasteiger partial charge in [-0.25, -0.2) is 4.39 Å². The molecule has 0 aromatic heterocycles. The molecule has 2 unspecified atom stereocenters. The van der Waals surface area contributed by atoms with E-state index in [0.29, 0.717) is 12.5 Å². The predicted octanol–water partition coefficient (Wildman–Crippen LogP) is 3.81. The van der Waals surface area contributed by atoms with Crippen LogP contribution in [0.3, 0.4) is 0 Å². The van der Waals surface area contributed by atoms with Gasteiger partial charge in [0.15, 0.2) is 5.96 Å². The zero-order valence-electron chi connectivity index (χ0n) is 17.1. The number of halogens is 2. The Bertz CT molecular complexity index is 804. The van der Waals surface area contributed by atoms with Crippen LogP contribution < -0.4 is 20.1 Å². The Morgan fingerprint density at radius 3 is 2.48 bits per heavy atom. The van der Waals surface area contributed by atoms with E-state index in [9.17, 15) is 9.50 Å². The molecule has 2 atom stereocenters. The second-order valence-corrected chi connectivity index (χ2v) is 6.23. The first kappa shape index (κ1) is 25.0. The summed E-state index contributed by atoms with van der Waals surface area (Å²) in [5, 5.41) is 16.7. The van der Waals surface area contributed by atoms with Gasteiger partial charge in [0.25, 0.3) is 0 Å². The number of ether oxygens (including phenoxy) is 2. The molecular weight excluding hydrogens is 488 g/mol. The Labute approximate surface area is 188 Å². The van der Waals surface area contributed by atoms with Crippen molar-refractivity contribution in [2.45, 2.75) is 26.0 Å². The van der Waals surface area contributed by atoms with E-state index in [1.807, 2.05) is 32.0 Å². The average Bonchev–Trinajstić information content (AvgIpc) is 2.71. The van der Waals surface area contributed by atoms with Crippen LogP contribution in [0.5, 0.6) is 11.5 Å². The number of benzene rings is 2. The normalized spacial score (nSPS) is 13.1. The topological polar surface area (TPSA) is 75.1 Å². The Kier molecular flexibility index (Phi) is 10.7. The molecule has 0 bridgehead atoms. The van der Waals surface area contributed by atoms with Gasteiger partial charge in [0.05, 0.1) is 26.8 Å². The summed E-state index contributed by atoms with van der Waals surface area (Å²) in [6.07, 6.45) is -1.03. The Morgan fingerprint density at radius 1 is 1.14 bits per heavy atom. The second-order valence-electron chi connectivity index (χ2n) is 6.23. The van der Waals surface area contributed by atoms with Gasteiger partial charge in [0.2, 0.25) is 0 Å². The average molecular weight is 517 g/mol. The van der Waals surface area contributed by atoms with Crippen molar-refractivity contribution in [1.29, 1.82) is 0 Å². The van der Waals surface area contributed by atoms with Crippen LogP contribution in [-0.2, 0) is 0 Å². The fraction of sp³-hybridized carbons (Fsp3) is 0.381. The van der Waals surface area contributed by atoms with Crippen molar-refractivity contribution in [2.24, 2.45) is 4.99 Å². The molecule has 0 radical (unpaired) electrons. The van der Waals surface area contributed by atoms with Gasteiger partial charge in [0, 0.05) is 17.7 Å². The summed E-state index contributed by atoms with van der Waals surface area (Å²) in [5.41, 5.74) is 1.13. The van der Waals surface area contributed by atoms with E-state index in [0.717, 1.165) is 17.1 Å². The molecule has 2 aromatic carbocycles. The molecule has 3 N–H and O–H groups in total. The summed E-state index contributed by atoms with van der Waals surface area (Å²) >= 11 is 0. The lowest BCUT2D eigenvalue weighted by molar-refractivity contribution is 0.182. The third-order valence-corrected chi connectivity index (χ3v) is 4.29. The number of aliphatic hydroxyl groups excluding tert-OH is 1. The molecule has 0 heterocycles. The fourth-order valence-electron chi connectivity index (χ4n) is 2.80. The lowest BCUT2D eigenvalue weighted by atomic mass is 10.1. The lowest BCUT2D eigenvalue weighted by Crippen LogP contribution is -2.39. The standard InChI is InChI=1S/C21H28FN3O3.HI/c1-5-23-21(24-13-19(26)16-8-6-7-9-18(16)22)25-14(2)17-12-15(27-3)10-11-20(17)28-4;/h6-12,14,19,26H,5,13H2,1-4H3,(H2,23,24,25);1H. The van der Waals surface area contributed by atoms with Crippen LogP contribution in [0.4, 0.5) is 4.39 Å².